The molecular formula is C19H27NO2Si2. The molecule has 0 amide bonds. The summed E-state index contributed by atoms with van der Waals surface area (Å²) in [5, 5.41) is 0. The van der Waals surface area contributed by atoms with Crippen molar-refractivity contribution in [2.24, 2.45) is 4.99 Å². The summed E-state index contributed by atoms with van der Waals surface area (Å²) in [5.41, 5.74) is 1.84. The van der Waals surface area contributed by atoms with Gasteiger partial charge >= 0.3 is 0 Å². The SMILES string of the molecule is C[Si](C)(C)Oc1ccccc1C=Nc1ccccc1O[Si](C)(C)C. The molecule has 0 aromatic heterocycles. The van der Waals surface area contributed by atoms with E-state index in [9.17, 15) is 0 Å². The van der Waals surface area contributed by atoms with E-state index in [1.807, 2.05) is 54.7 Å². The molecule has 0 aliphatic carbocycles. The fourth-order valence-corrected chi connectivity index (χ4v) is 3.81. The third kappa shape index (κ3) is 5.98. The summed E-state index contributed by atoms with van der Waals surface area (Å²) < 4.78 is 12.3. The summed E-state index contributed by atoms with van der Waals surface area (Å²) in [6, 6.07) is 16.0. The molecule has 0 saturated heterocycles. The predicted octanol–water partition coefficient (Wildman–Crippen LogP) is 5.86. The van der Waals surface area contributed by atoms with Crippen molar-refractivity contribution in [2.45, 2.75) is 39.3 Å². The molecule has 0 aliphatic rings. The Hall–Kier alpha value is -1.86. The molecule has 24 heavy (non-hydrogen) atoms. The van der Waals surface area contributed by atoms with E-state index in [1.165, 1.54) is 0 Å². The molecule has 2 rings (SSSR count). The Kier molecular flexibility index (Phi) is 5.67. The highest BCUT2D eigenvalue weighted by Gasteiger charge is 2.19. The molecular weight excluding hydrogens is 330 g/mol. The lowest BCUT2D eigenvalue weighted by Crippen LogP contribution is -2.29. The molecule has 0 aliphatic heterocycles. The van der Waals surface area contributed by atoms with Gasteiger partial charge in [-0.05, 0) is 63.5 Å². The first-order valence-corrected chi connectivity index (χ1v) is 15.1. The molecule has 0 spiro atoms. The lowest BCUT2D eigenvalue weighted by molar-refractivity contribution is 0.556. The van der Waals surface area contributed by atoms with Crippen LogP contribution in [-0.4, -0.2) is 22.8 Å². The normalized spacial score (nSPS) is 12.4. The Balaban J connectivity index is 2.30. The van der Waals surface area contributed by atoms with Gasteiger partial charge in [0, 0.05) is 11.8 Å². The summed E-state index contributed by atoms with van der Waals surface area (Å²) in [4.78, 5) is 4.66. The standard InChI is InChI=1S/C19H27NO2Si2/c1-23(2,3)21-18-13-9-7-11-16(18)15-20-17-12-8-10-14-19(17)22-24(4,5)6/h7-15H,1-6H3. The maximum Gasteiger partial charge on any atom is 0.242 e. The fourth-order valence-electron chi connectivity index (χ4n) is 2.13. The zero-order chi connectivity index (χ0) is 17.8. The Bertz CT molecular complexity index is 654. The number of rotatable bonds is 6. The largest absolute Gasteiger partial charge is 0.544 e. The second kappa shape index (κ2) is 7.36. The van der Waals surface area contributed by atoms with Gasteiger partial charge in [0.05, 0.1) is 0 Å². The van der Waals surface area contributed by atoms with Gasteiger partial charge in [-0.1, -0.05) is 24.3 Å². The van der Waals surface area contributed by atoms with E-state index in [1.54, 1.807) is 0 Å². The Morgan fingerprint density at radius 2 is 1.21 bits per heavy atom. The lowest BCUT2D eigenvalue weighted by Gasteiger charge is -2.21. The van der Waals surface area contributed by atoms with Crippen molar-refractivity contribution in [2.75, 3.05) is 0 Å². The van der Waals surface area contributed by atoms with E-state index in [-0.39, 0.29) is 0 Å². The quantitative estimate of drug-likeness (QED) is 0.478. The van der Waals surface area contributed by atoms with E-state index in [4.69, 9.17) is 8.85 Å². The Labute approximate surface area is 147 Å². The van der Waals surface area contributed by atoms with Crippen LogP contribution in [0.25, 0.3) is 0 Å². The maximum absolute atomic E-state index is 6.16. The van der Waals surface area contributed by atoms with Crippen molar-refractivity contribution in [1.82, 2.24) is 0 Å². The van der Waals surface area contributed by atoms with Crippen LogP contribution in [0.15, 0.2) is 53.5 Å². The summed E-state index contributed by atoms with van der Waals surface area (Å²) in [6.07, 6.45) is 1.86. The van der Waals surface area contributed by atoms with Crippen molar-refractivity contribution >= 4 is 28.5 Å². The van der Waals surface area contributed by atoms with Crippen molar-refractivity contribution in [3.63, 3.8) is 0 Å². The third-order valence-electron chi connectivity index (χ3n) is 2.96. The average Bonchev–Trinajstić information content (AvgIpc) is 2.44. The summed E-state index contributed by atoms with van der Waals surface area (Å²) in [6.45, 7) is 13.0. The highest BCUT2D eigenvalue weighted by molar-refractivity contribution is 6.70. The van der Waals surface area contributed by atoms with Crippen LogP contribution in [0.1, 0.15) is 5.56 Å². The van der Waals surface area contributed by atoms with Crippen LogP contribution < -0.4 is 8.85 Å². The van der Waals surface area contributed by atoms with Crippen LogP contribution in [0.3, 0.4) is 0 Å². The Morgan fingerprint density at radius 3 is 1.83 bits per heavy atom. The minimum Gasteiger partial charge on any atom is -0.544 e. The molecule has 2 aromatic rings. The fraction of sp³-hybridized carbons (Fsp3) is 0.316. The molecule has 0 fully saturated rings. The lowest BCUT2D eigenvalue weighted by atomic mass is 10.2. The van der Waals surface area contributed by atoms with Gasteiger partial charge in [0.25, 0.3) is 0 Å². The monoisotopic (exact) mass is 357 g/mol. The maximum atomic E-state index is 6.16. The van der Waals surface area contributed by atoms with Crippen LogP contribution in [0.4, 0.5) is 5.69 Å². The van der Waals surface area contributed by atoms with Crippen molar-refractivity contribution in [3.05, 3.63) is 54.1 Å². The average molecular weight is 358 g/mol. The molecule has 0 saturated carbocycles. The van der Waals surface area contributed by atoms with E-state index < -0.39 is 16.6 Å². The second-order valence-electron chi connectivity index (χ2n) is 7.69. The molecule has 128 valence electrons. The van der Waals surface area contributed by atoms with Gasteiger partial charge in [-0.15, -0.1) is 0 Å². The van der Waals surface area contributed by atoms with Gasteiger partial charge in [0.15, 0.2) is 0 Å². The summed E-state index contributed by atoms with van der Waals surface area (Å²) in [5.74, 6) is 1.74. The number of hydrogen-bond acceptors (Lipinski definition) is 3. The third-order valence-corrected chi connectivity index (χ3v) is 4.62. The first kappa shape index (κ1) is 18.5. The highest BCUT2D eigenvalue weighted by Crippen LogP contribution is 2.30. The number of aliphatic imine (C=N–C) groups is 1. The van der Waals surface area contributed by atoms with Crippen LogP contribution in [0.2, 0.25) is 39.3 Å². The van der Waals surface area contributed by atoms with Gasteiger partial charge < -0.3 is 8.85 Å². The molecule has 5 heteroatoms. The second-order valence-corrected chi connectivity index (χ2v) is 16.6. The van der Waals surface area contributed by atoms with E-state index in [0.29, 0.717) is 0 Å². The van der Waals surface area contributed by atoms with Crippen LogP contribution in [0.5, 0.6) is 11.5 Å². The molecule has 0 radical (unpaired) electrons. The van der Waals surface area contributed by atoms with E-state index in [2.05, 4.69) is 44.3 Å². The zero-order valence-corrected chi connectivity index (χ0v) is 17.5. The Morgan fingerprint density at radius 1 is 0.708 bits per heavy atom. The summed E-state index contributed by atoms with van der Waals surface area (Å²) in [7, 11) is -3.33. The van der Waals surface area contributed by atoms with Gasteiger partial charge in [-0.25, -0.2) is 0 Å². The molecule has 0 N–H and O–H groups in total. The summed E-state index contributed by atoms with van der Waals surface area (Å²) >= 11 is 0. The number of para-hydroxylation sites is 3. The number of benzene rings is 2. The predicted molar refractivity (Wildman–Crippen MR) is 108 cm³/mol. The topological polar surface area (TPSA) is 30.8 Å². The van der Waals surface area contributed by atoms with Gasteiger partial charge in [0.2, 0.25) is 16.6 Å². The van der Waals surface area contributed by atoms with Crippen molar-refractivity contribution in [1.29, 1.82) is 0 Å². The van der Waals surface area contributed by atoms with Gasteiger partial charge in [-0.3, -0.25) is 4.99 Å². The minimum absolute atomic E-state index is 0.844. The number of hydrogen-bond donors (Lipinski definition) is 0. The minimum atomic E-state index is -1.67. The van der Waals surface area contributed by atoms with Crippen LogP contribution in [0, 0.1) is 0 Å². The molecule has 0 atom stereocenters. The van der Waals surface area contributed by atoms with Gasteiger partial charge in [0.1, 0.15) is 17.2 Å². The molecule has 2 aromatic carbocycles. The first-order valence-electron chi connectivity index (χ1n) is 8.24. The van der Waals surface area contributed by atoms with Crippen LogP contribution in [-0.2, 0) is 0 Å². The van der Waals surface area contributed by atoms with E-state index >= 15 is 0 Å². The highest BCUT2D eigenvalue weighted by atomic mass is 28.4. The molecule has 0 unspecified atom stereocenters. The number of nitrogens with zero attached hydrogens (tertiary/aromatic N) is 1. The zero-order valence-electron chi connectivity index (χ0n) is 15.5. The molecule has 0 heterocycles. The molecule has 3 nitrogen and oxygen atoms in total. The van der Waals surface area contributed by atoms with Crippen molar-refractivity contribution in [3.8, 4) is 11.5 Å². The first-order chi connectivity index (χ1) is 11.1. The van der Waals surface area contributed by atoms with E-state index in [0.717, 1.165) is 22.7 Å². The molecule has 0 bridgehead atoms. The van der Waals surface area contributed by atoms with Crippen LogP contribution >= 0.6 is 0 Å². The smallest absolute Gasteiger partial charge is 0.242 e. The van der Waals surface area contributed by atoms with Crippen molar-refractivity contribution < 1.29 is 8.85 Å². The van der Waals surface area contributed by atoms with Gasteiger partial charge in [-0.2, -0.15) is 0 Å².